The van der Waals surface area contributed by atoms with Crippen molar-refractivity contribution in [2.24, 2.45) is 0 Å². The second kappa shape index (κ2) is 8.28. The van der Waals surface area contributed by atoms with E-state index in [0.717, 1.165) is 36.4 Å². The summed E-state index contributed by atoms with van der Waals surface area (Å²) in [6.07, 6.45) is 4.18. The molecule has 0 saturated carbocycles. The highest BCUT2D eigenvalue weighted by atomic mass is 79.9. The van der Waals surface area contributed by atoms with Gasteiger partial charge in [-0.2, -0.15) is 0 Å². The maximum Gasteiger partial charge on any atom is 0.257 e. The predicted molar refractivity (Wildman–Crippen MR) is 101 cm³/mol. The number of carbonyl (C=O) groups is 1. The van der Waals surface area contributed by atoms with Gasteiger partial charge in [-0.3, -0.25) is 4.79 Å². The molecule has 4 nitrogen and oxygen atoms in total. The van der Waals surface area contributed by atoms with E-state index < -0.39 is 0 Å². The number of methoxy groups -OCH3 is 1. The van der Waals surface area contributed by atoms with Crippen LogP contribution < -0.4 is 26.3 Å². The minimum Gasteiger partial charge on any atom is -1.00 e. The van der Waals surface area contributed by atoms with Crippen LogP contribution in [0.25, 0.3) is 11.3 Å². The zero-order chi connectivity index (χ0) is 18.1. The monoisotopic (exact) mass is 446 g/mol. The Labute approximate surface area is 174 Å². The van der Waals surface area contributed by atoms with Crippen molar-refractivity contribution in [3.8, 4) is 17.0 Å². The first-order chi connectivity index (χ1) is 12.7. The number of ether oxygens (including phenoxy) is 1. The van der Waals surface area contributed by atoms with Gasteiger partial charge in [0, 0.05) is 16.1 Å². The van der Waals surface area contributed by atoms with Gasteiger partial charge in [-0.15, -0.1) is 0 Å². The molecule has 4 rings (SSSR count). The minimum atomic E-state index is 0. The maximum absolute atomic E-state index is 12.7. The van der Waals surface area contributed by atoms with Gasteiger partial charge in [0.2, 0.25) is 5.78 Å². The van der Waals surface area contributed by atoms with Gasteiger partial charge < -0.3 is 21.7 Å². The van der Waals surface area contributed by atoms with Gasteiger partial charge in [0.25, 0.3) is 5.82 Å². The fourth-order valence-electron chi connectivity index (χ4n) is 3.52. The van der Waals surface area contributed by atoms with Crippen molar-refractivity contribution in [3.05, 3.63) is 71.1 Å². The Morgan fingerprint density at radius 3 is 2.52 bits per heavy atom. The van der Waals surface area contributed by atoms with E-state index in [2.05, 4.69) is 27.5 Å². The first kappa shape index (κ1) is 19.6. The highest BCUT2D eigenvalue weighted by Crippen LogP contribution is 2.26. The summed E-state index contributed by atoms with van der Waals surface area (Å²) in [6.45, 7) is 1.33. The summed E-state index contributed by atoms with van der Waals surface area (Å²) in [6, 6.07) is 15.1. The van der Waals surface area contributed by atoms with Crippen LogP contribution in [0.5, 0.6) is 5.75 Å². The van der Waals surface area contributed by atoms with E-state index in [0.29, 0.717) is 17.1 Å². The van der Waals surface area contributed by atoms with Crippen LogP contribution in [0.4, 0.5) is 0 Å². The first-order valence-electron chi connectivity index (χ1n) is 8.71. The lowest BCUT2D eigenvalue weighted by atomic mass is 10.1. The third-order valence-electron chi connectivity index (χ3n) is 4.86. The number of nitrogens with zero attached hydrogens (tertiary/aromatic N) is 2. The molecule has 2 heterocycles. The van der Waals surface area contributed by atoms with Gasteiger partial charge in [-0.25, -0.2) is 9.13 Å². The van der Waals surface area contributed by atoms with Crippen molar-refractivity contribution in [3.63, 3.8) is 0 Å². The van der Waals surface area contributed by atoms with Gasteiger partial charge >= 0.3 is 0 Å². The summed E-state index contributed by atoms with van der Waals surface area (Å²) in [5.41, 5.74) is 2.96. The van der Waals surface area contributed by atoms with Gasteiger partial charge in [-0.1, -0.05) is 11.6 Å². The number of benzene rings is 2. The van der Waals surface area contributed by atoms with Crippen molar-refractivity contribution in [1.82, 2.24) is 4.57 Å². The number of imidazole rings is 1. The molecular formula is C21H20BrClN2O2. The second-order valence-corrected chi connectivity index (χ2v) is 6.91. The molecule has 1 aliphatic heterocycles. The number of halogens is 2. The number of rotatable bonds is 5. The van der Waals surface area contributed by atoms with Gasteiger partial charge in [-0.05, 0) is 55.0 Å². The van der Waals surface area contributed by atoms with Crippen molar-refractivity contribution in [2.75, 3.05) is 7.11 Å². The van der Waals surface area contributed by atoms with E-state index in [4.69, 9.17) is 16.3 Å². The molecule has 0 amide bonds. The fraction of sp³-hybridized carbons (Fsp3) is 0.238. The van der Waals surface area contributed by atoms with Crippen molar-refractivity contribution < 1.29 is 31.1 Å². The fourth-order valence-corrected chi connectivity index (χ4v) is 3.65. The molecule has 0 saturated heterocycles. The van der Waals surface area contributed by atoms with E-state index in [9.17, 15) is 4.79 Å². The van der Waals surface area contributed by atoms with E-state index in [1.54, 1.807) is 31.4 Å². The summed E-state index contributed by atoms with van der Waals surface area (Å²) in [5, 5.41) is 0.640. The lowest BCUT2D eigenvalue weighted by molar-refractivity contribution is -0.689. The molecule has 1 aromatic heterocycles. The van der Waals surface area contributed by atoms with Gasteiger partial charge in [0.05, 0.1) is 20.1 Å². The van der Waals surface area contributed by atoms with E-state index in [-0.39, 0.29) is 22.8 Å². The summed E-state index contributed by atoms with van der Waals surface area (Å²) in [5.74, 6) is 2.14. The highest BCUT2D eigenvalue weighted by molar-refractivity contribution is 6.30. The molecule has 0 atom stereocenters. The topological polar surface area (TPSA) is 35.1 Å². The smallest absolute Gasteiger partial charge is 0.257 e. The molecule has 1 aliphatic rings. The minimum absolute atomic E-state index is 0. The van der Waals surface area contributed by atoms with E-state index in [1.165, 1.54) is 5.82 Å². The molecule has 0 N–H and O–H groups in total. The Morgan fingerprint density at radius 2 is 1.85 bits per heavy atom. The average Bonchev–Trinajstić information content (AvgIpc) is 3.26. The number of hydrogen-bond donors (Lipinski definition) is 0. The molecule has 0 aliphatic carbocycles. The molecule has 0 radical (unpaired) electrons. The zero-order valence-electron chi connectivity index (χ0n) is 15.0. The number of Topliss-reactive ketones (excluding diaryl/α,β-unsaturated/α-hetero) is 1. The average molecular weight is 448 g/mol. The van der Waals surface area contributed by atoms with Crippen LogP contribution in [-0.2, 0) is 19.5 Å². The molecule has 0 bridgehead atoms. The quantitative estimate of drug-likeness (QED) is 0.431. The van der Waals surface area contributed by atoms with Crippen LogP contribution in [0.2, 0.25) is 5.02 Å². The van der Waals surface area contributed by atoms with Crippen LogP contribution in [0.3, 0.4) is 0 Å². The first-order valence-corrected chi connectivity index (χ1v) is 9.08. The third-order valence-corrected chi connectivity index (χ3v) is 5.11. The molecule has 0 spiro atoms. The predicted octanol–water partition coefficient (Wildman–Crippen LogP) is 0.938. The van der Waals surface area contributed by atoms with Crippen molar-refractivity contribution >= 4 is 17.4 Å². The van der Waals surface area contributed by atoms with Crippen molar-refractivity contribution in [2.45, 2.75) is 25.9 Å². The Bertz CT molecular complexity index is 950. The zero-order valence-corrected chi connectivity index (χ0v) is 17.3. The standard InChI is InChI=1S/C21H20ClN2O2.BrH/c1-26-18-10-6-15(7-11-18)19-13-23(21-3-2-12-24(19)21)14-20(25)16-4-8-17(22)9-5-16;/h4-11,13H,2-3,12,14H2,1H3;1H/q+1;/p-1. The van der Waals surface area contributed by atoms with E-state index >= 15 is 0 Å². The summed E-state index contributed by atoms with van der Waals surface area (Å²) in [7, 11) is 1.67. The molecule has 27 heavy (non-hydrogen) atoms. The lowest BCUT2D eigenvalue weighted by Gasteiger charge is -2.01. The molecular weight excluding hydrogens is 428 g/mol. The Hall–Kier alpha value is -2.11. The number of fused-ring (bicyclic) bond motifs is 1. The van der Waals surface area contributed by atoms with Crippen molar-refractivity contribution in [1.29, 1.82) is 0 Å². The highest BCUT2D eigenvalue weighted by Gasteiger charge is 2.29. The van der Waals surface area contributed by atoms with Gasteiger partial charge in [0.1, 0.15) is 11.9 Å². The van der Waals surface area contributed by atoms with E-state index in [1.807, 2.05) is 12.1 Å². The third kappa shape index (κ3) is 3.94. The Balaban J connectivity index is 0.00000210. The lowest BCUT2D eigenvalue weighted by Crippen LogP contribution is -3.00. The summed E-state index contributed by atoms with van der Waals surface area (Å²) < 4.78 is 9.65. The molecule has 2 aromatic carbocycles. The molecule has 0 fully saturated rings. The summed E-state index contributed by atoms with van der Waals surface area (Å²) >= 11 is 5.92. The van der Waals surface area contributed by atoms with Crippen LogP contribution >= 0.6 is 11.6 Å². The summed E-state index contributed by atoms with van der Waals surface area (Å²) in [4.78, 5) is 12.7. The Kier molecular flexibility index (Phi) is 6.02. The molecule has 140 valence electrons. The van der Waals surface area contributed by atoms with Crippen LogP contribution in [-0.4, -0.2) is 17.5 Å². The molecule has 6 heteroatoms. The molecule has 0 unspecified atom stereocenters. The largest absolute Gasteiger partial charge is 1.00 e. The Morgan fingerprint density at radius 1 is 1.15 bits per heavy atom. The SMILES string of the molecule is COc1ccc(-c2c[n+](CC(=O)c3ccc(Cl)cc3)c3n2CCC3)cc1.[Br-]. The second-order valence-electron chi connectivity index (χ2n) is 6.47. The number of carbonyl (C=O) groups excluding carboxylic acids is 1. The van der Waals surface area contributed by atoms with Crippen LogP contribution in [0.15, 0.2) is 54.7 Å². The number of hydrogen-bond acceptors (Lipinski definition) is 2. The van der Waals surface area contributed by atoms with Crippen LogP contribution in [0, 0.1) is 0 Å². The molecule has 3 aromatic rings. The normalized spacial score (nSPS) is 12.4. The number of aromatic nitrogens is 2. The van der Waals surface area contributed by atoms with Crippen LogP contribution in [0.1, 0.15) is 22.6 Å². The van der Waals surface area contributed by atoms with Gasteiger partial charge in [0.15, 0.2) is 12.2 Å². The number of ketones is 1. The maximum atomic E-state index is 12.7.